The lowest BCUT2D eigenvalue weighted by Crippen LogP contribution is -2.37. The van der Waals surface area contributed by atoms with Crippen molar-refractivity contribution >= 4 is 17.5 Å². The van der Waals surface area contributed by atoms with Gasteiger partial charge in [-0.15, -0.1) is 0 Å². The fourth-order valence-electron chi connectivity index (χ4n) is 4.85. The van der Waals surface area contributed by atoms with Crippen molar-refractivity contribution in [2.75, 3.05) is 24.6 Å². The van der Waals surface area contributed by atoms with E-state index in [1.165, 1.54) is 12.1 Å². The summed E-state index contributed by atoms with van der Waals surface area (Å²) < 4.78 is 25.0. The van der Waals surface area contributed by atoms with Crippen LogP contribution in [-0.4, -0.2) is 42.5 Å². The molecule has 0 saturated carbocycles. The molecule has 2 saturated heterocycles. The van der Waals surface area contributed by atoms with Crippen molar-refractivity contribution in [1.82, 2.24) is 4.90 Å². The summed E-state index contributed by atoms with van der Waals surface area (Å²) in [6.45, 7) is 2.68. The largest absolute Gasteiger partial charge is 0.489 e. The van der Waals surface area contributed by atoms with Crippen molar-refractivity contribution in [3.8, 4) is 5.75 Å². The average molecular weight is 503 g/mol. The van der Waals surface area contributed by atoms with E-state index in [0.717, 1.165) is 49.2 Å². The first-order valence-electron chi connectivity index (χ1n) is 12.8. The summed E-state index contributed by atoms with van der Waals surface area (Å²) in [6.07, 6.45) is 3.41. The Hall–Kier alpha value is -3.71. The zero-order valence-corrected chi connectivity index (χ0v) is 20.8. The first kappa shape index (κ1) is 25.0. The molecule has 3 aromatic carbocycles. The lowest BCUT2D eigenvalue weighted by atomic mass is 10.1. The van der Waals surface area contributed by atoms with Crippen LogP contribution in [0.5, 0.6) is 5.75 Å². The highest BCUT2D eigenvalue weighted by Crippen LogP contribution is 2.24. The van der Waals surface area contributed by atoms with Crippen molar-refractivity contribution in [2.24, 2.45) is 0 Å². The van der Waals surface area contributed by atoms with Crippen LogP contribution in [0.1, 0.15) is 47.2 Å². The maximum absolute atomic E-state index is 13.5. The second-order valence-corrected chi connectivity index (χ2v) is 9.58. The standard InChI is InChI=1S/C30H31FN2O4/c31-25-5-1-4-23(18-25)21-37-27-14-8-22(9-15-27)19-32(20-28-6-3-17-36-28)30(35)24-10-12-26(13-11-24)33-16-2-7-29(33)34/h1,4-5,8-15,18,28H,2-3,6-7,16-17,19-21H2/t28-/m1/s1. The molecule has 0 unspecified atom stereocenters. The summed E-state index contributed by atoms with van der Waals surface area (Å²) in [4.78, 5) is 29.2. The van der Waals surface area contributed by atoms with Crippen LogP contribution < -0.4 is 9.64 Å². The van der Waals surface area contributed by atoms with Gasteiger partial charge in [0.05, 0.1) is 6.10 Å². The van der Waals surface area contributed by atoms with Gasteiger partial charge in [0.15, 0.2) is 0 Å². The van der Waals surface area contributed by atoms with Crippen LogP contribution in [0, 0.1) is 5.82 Å². The van der Waals surface area contributed by atoms with Gasteiger partial charge >= 0.3 is 0 Å². The molecule has 2 fully saturated rings. The lowest BCUT2D eigenvalue weighted by Gasteiger charge is -2.26. The monoisotopic (exact) mass is 502 g/mol. The molecular weight excluding hydrogens is 471 g/mol. The number of carbonyl (C=O) groups excluding carboxylic acids is 2. The van der Waals surface area contributed by atoms with Crippen molar-refractivity contribution in [3.63, 3.8) is 0 Å². The summed E-state index contributed by atoms with van der Waals surface area (Å²) in [5.74, 6) is 0.451. The Morgan fingerprint density at radius 2 is 1.84 bits per heavy atom. The second kappa shape index (κ2) is 11.6. The summed E-state index contributed by atoms with van der Waals surface area (Å²) in [5.41, 5.74) is 3.16. The highest BCUT2D eigenvalue weighted by molar-refractivity contribution is 5.97. The Bertz CT molecular complexity index is 1220. The first-order chi connectivity index (χ1) is 18.0. The molecule has 0 bridgehead atoms. The third-order valence-corrected chi connectivity index (χ3v) is 6.83. The Labute approximate surface area is 216 Å². The number of anilines is 1. The molecule has 2 amide bonds. The Morgan fingerprint density at radius 3 is 2.51 bits per heavy atom. The molecule has 5 rings (SSSR count). The molecule has 1 atom stereocenters. The number of rotatable bonds is 9. The van der Waals surface area contributed by atoms with Gasteiger partial charge < -0.3 is 19.3 Å². The molecule has 0 aromatic heterocycles. The van der Waals surface area contributed by atoms with Crippen molar-refractivity contribution in [3.05, 3.63) is 95.3 Å². The van der Waals surface area contributed by atoms with E-state index in [-0.39, 0.29) is 30.3 Å². The normalized spacial score (nSPS) is 17.3. The van der Waals surface area contributed by atoms with Gasteiger partial charge in [0.25, 0.3) is 5.91 Å². The van der Waals surface area contributed by atoms with Gasteiger partial charge in [0.2, 0.25) is 5.91 Å². The molecule has 2 aliphatic rings. The highest BCUT2D eigenvalue weighted by Gasteiger charge is 2.25. The summed E-state index contributed by atoms with van der Waals surface area (Å²) in [7, 11) is 0. The molecule has 0 aliphatic carbocycles. The predicted octanol–water partition coefficient (Wildman–Crippen LogP) is 5.35. The van der Waals surface area contributed by atoms with Crippen LogP contribution in [0.3, 0.4) is 0 Å². The van der Waals surface area contributed by atoms with E-state index in [1.54, 1.807) is 23.1 Å². The van der Waals surface area contributed by atoms with Crippen molar-refractivity contribution in [2.45, 2.75) is 44.9 Å². The molecule has 7 heteroatoms. The maximum atomic E-state index is 13.5. The zero-order valence-electron chi connectivity index (χ0n) is 20.8. The van der Waals surface area contributed by atoms with Gasteiger partial charge in [-0.3, -0.25) is 9.59 Å². The summed E-state index contributed by atoms with van der Waals surface area (Å²) >= 11 is 0. The van der Waals surface area contributed by atoms with E-state index in [2.05, 4.69) is 0 Å². The van der Waals surface area contributed by atoms with E-state index < -0.39 is 0 Å². The van der Waals surface area contributed by atoms with Gasteiger partial charge in [0.1, 0.15) is 18.2 Å². The Kier molecular flexibility index (Phi) is 7.80. The van der Waals surface area contributed by atoms with E-state index in [1.807, 2.05) is 47.4 Å². The van der Waals surface area contributed by atoms with Crippen molar-refractivity contribution < 1.29 is 23.5 Å². The van der Waals surface area contributed by atoms with Gasteiger partial charge in [0, 0.05) is 43.9 Å². The van der Waals surface area contributed by atoms with Crippen LogP contribution >= 0.6 is 0 Å². The number of benzene rings is 3. The first-order valence-corrected chi connectivity index (χ1v) is 12.8. The Morgan fingerprint density at radius 1 is 1.03 bits per heavy atom. The van der Waals surface area contributed by atoms with E-state index in [9.17, 15) is 14.0 Å². The summed E-state index contributed by atoms with van der Waals surface area (Å²) in [6, 6.07) is 21.3. The molecule has 3 aromatic rings. The molecule has 2 heterocycles. The molecule has 2 aliphatic heterocycles. The van der Waals surface area contributed by atoms with E-state index in [0.29, 0.717) is 30.8 Å². The number of ether oxygens (including phenoxy) is 2. The number of amides is 2. The van der Waals surface area contributed by atoms with E-state index >= 15 is 0 Å². The second-order valence-electron chi connectivity index (χ2n) is 9.58. The van der Waals surface area contributed by atoms with E-state index in [4.69, 9.17) is 9.47 Å². The number of hydrogen-bond acceptors (Lipinski definition) is 4. The minimum atomic E-state index is -0.286. The fraction of sp³-hybridized carbons (Fsp3) is 0.333. The smallest absolute Gasteiger partial charge is 0.254 e. The number of carbonyl (C=O) groups is 2. The predicted molar refractivity (Wildman–Crippen MR) is 139 cm³/mol. The SMILES string of the molecule is O=C(c1ccc(N2CCCC2=O)cc1)N(Cc1ccc(OCc2cccc(F)c2)cc1)C[C@H]1CCCO1. The fourth-order valence-corrected chi connectivity index (χ4v) is 4.85. The van der Waals surface area contributed by atoms with Gasteiger partial charge in [-0.1, -0.05) is 24.3 Å². The van der Waals surface area contributed by atoms with Gasteiger partial charge in [-0.2, -0.15) is 0 Å². The molecule has 0 spiro atoms. The number of nitrogens with zero attached hydrogens (tertiary/aromatic N) is 2. The molecule has 0 radical (unpaired) electrons. The molecule has 37 heavy (non-hydrogen) atoms. The zero-order chi connectivity index (χ0) is 25.6. The number of halogens is 1. The average Bonchev–Trinajstić information content (AvgIpc) is 3.59. The Balaban J connectivity index is 1.25. The summed E-state index contributed by atoms with van der Waals surface area (Å²) in [5, 5.41) is 0. The molecule has 0 N–H and O–H groups in total. The number of hydrogen-bond donors (Lipinski definition) is 0. The highest BCUT2D eigenvalue weighted by atomic mass is 19.1. The van der Waals surface area contributed by atoms with Crippen LogP contribution in [0.4, 0.5) is 10.1 Å². The van der Waals surface area contributed by atoms with Crippen LogP contribution in [0.2, 0.25) is 0 Å². The third kappa shape index (κ3) is 6.35. The minimum absolute atomic E-state index is 0.0271. The van der Waals surface area contributed by atoms with Crippen LogP contribution in [0.25, 0.3) is 0 Å². The van der Waals surface area contributed by atoms with Crippen LogP contribution in [0.15, 0.2) is 72.8 Å². The molecule has 6 nitrogen and oxygen atoms in total. The topological polar surface area (TPSA) is 59.1 Å². The van der Waals surface area contributed by atoms with Gasteiger partial charge in [-0.25, -0.2) is 4.39 Å². The van der Waals surface area contributed by atoms with Crippen LogP contribution in [-0.2, 0) is 22.7 Å². The maximum Gasteiger partial charge on any atom is 0.254 e. The minimum Gasteiger partial charge on any atom is -0.489 e. The quantitative estimate of drug-likeness (QED) is 0.396. The lowest BCUT2D eigenvalue weighted by molar-refractivity contribution is -0.117. The molecule has 192 valence electrons. The molecular formula is C30H31FN2O4. The van der Waals surface area contributed by atoms with Crippen molar-refractivity contribution in [1.29, 1.82) is 0 Å². The van der Waals surface area contributed by atoms with Gasteiger partial charge in [-0.05, 0) is 78.9 Å². The third-order valence-electron chi connectivity index (χ3n) is 6.83.